The van der Waals surface area contributed by atoms with Crippen LogP contribution in [0.3, 0.4) is 0 Å². The van der Waals surface area contributed by atoms with Crippen LogP contribution in [0.2, 0.25) is 0 Å². The number of fused-ring (bicyclic) bond motifs is 7. The fourth-order valence-corrected chi connectivity index (χ4v) is 8.33. The van der Waals surface area contributed by atoms with E-state index in [1.807, 2.05) is 32.9 Å². The number of isothiocyanates is 1. The maximum absolute atomic E-state index is 5.35. The summed E-state index contributed by atoms with van der Waals surface area (Å²) < 4.78 is 6.66. The van der Waals surface area contributed by atoms with Crippen molar-refractivity contribution >= 4 is 109 Å². The van der Waals surface area contributed by atoms with Crippen molar-refractivity contribution in [2.45, 2.75) is 52.6 Å². The summed E-state index contributed by atoms with van der Waals surface area (Å²) in [5.74, 6) is 0. The van der Waals surface area contributed by atoms with E-state index in [9.17, 15) is 0 Å². The molecule has 0 saturated heterocycles. The van der Waals surface area contributed by atoms with Crippen LogP contribution in [0, 0.1) is 0 Å². The third-order valence-electron chi connectivity index (χ3n) is 8.64. The Labute approximate surface area is 339 Å². The zero-order valence-corrected chi connectivity index (χ0v) is 35.0. The molecule has 0 unspecified atom stereocenters. The topological polar surface area (TPSA) is 73.2 Å². The lowest BCUT2D eigenvalue weighted by Crippen LogP contribution is -2.26. The highest BCUT2D eigenvalue weighted by atomic mass is 79.9. The van der Waals surface area contributed by atoms with Crippen LogP contribution in [0.4, 0.5) is 10.8 Å². The number of thiocarbonyl (C=S) groups is 1. The second-order valence-electron chi connectivity index (χ2n) is 15.4. The van der Waals surface area contributed by atoms with E-state index in [4.69, 9.17) is 22.9 Å². The van der Waals surface area contributed by atoms with E-state index in [0.717, 1.165) is 43.2 Å². The molecule has 9 rings (SSSR count). The van der Waals surface area contributed by atoms with E-state index in [2.05, 4.69) is 183 Å². The smallest absolute Gasteiger partial charge is 0.184 e. The number of aromatic nitrogens is 3. The summed E-state index contributed by atoms with van der Waals surface area (Å²) in [6.45, 7) is 12.4. The van der Waals surface area contributed by atoms with Gasteiger partial charge in [-0.05, 0) is 118 Å². The molecule has 9 heteroatoms. The maximum atomic E-state index is 5.35. The predicted molar refractivity (Wildman–Crippen MR) is 244 cm³/mol. The first kappa shape index (κ1) is 38.1. The molecule has 0 spiro atoms. The van der Waals surface area contributed by atoms with Gasteiger partial charge in [-0.3, -0.25) is 0 Å². The van der Waals surface area contributed by atoms with E-state index in [-0.39, 0.29) is 11.1 Å². The molecule has 3 aromatic heterocycles. The molecule has 55 heavy (non-hydrogen) atoms. The van der Waals surface area contributed by atoms with Crippen LogP contribution in [-0.2, 0) is 0 Å². The zero-order valence-electron chi connectivity index (χ0n) is 31.8. The number of nitrogens with one attached hydrogen (secondary N) is 1. The summed E-state index contributed by atoms with van der Waals surface area (Å²) in [6, 6.07) is 46.4. The third kappa shape index (κ3) is 8.13. The van der Waals surface area contributed by atoms with Gasteiger partial charge in [0.25, 0.3) is 0 Å². The number of hydrogen-bond donors (Lipinski definition) is 2. The molecule has 0 fully saturated rings. The lowest BCUT2D eigenvalue weighted by Gasteiger charge is -2.19. The van der Waals surface area contributed by atoms with Crippen LogP contribution in [0.25, 0.3) is 65.2 Å². The Morgan fingerprint density at radius 1 is 0.636 bits per heavy atom. The number of rotatable bonds is 4. The van der Waals surface area contributed by atoms with Crippen LogP contribution in [0.1, 0.15) is 41.5 Å². The van der Waals surface area contributed by atoms with Crippen molar-refractivity contribution < 1.29 is 0 Å². The summed E-state index contributed by atoms with van der Waals surface area (Å²) in [5.41, 5.74) is 14.0. The lowest BCUT2D eigenvalue weighted by molar-refractivity contribution is 0.580. The van der Waals surface area contributed by atoms with Gasteiger partial charge in [0, 0.05) is 37.1 Å². The largest absolute Gasteiger partial charge is 0.357 e. The van der Waals surface area contributed by atoms with Crippen LogP contribution in [-0.4, -0.2) is 30.4 Å². The Hall–Kier alpha value is -5.15. The van der Waals surface area contributed by atoms with Gasteiger partial charge in [-0.25, -0.2) is 4.98 Å². The number of halogens is 1. The first-order chi connectivity index (χ1) is 26.3. The maximum Gasteiger partial charge on any atom is 0.184 e. The molecule has 3 N–H and O–H groups in total. The summed E-state index contributed by atoms with van der Waals surface area (Å²) >= 11 is 10.1. The minimum atomic E-state index is -0.0130. The van der Waals surface area contributed by atoms with Crippen molar-refractivity contribution in [3.63, 3.8) is 0 Å². The van der Waals surface area contributed by atoms with Gasteiger partial charge in [0.1, 0.15) is 11.2 Å². The number of para-hydroxylation sites is 6. The number of nitrogens with zero attached hydrogens (tertiary/aromatic N) is 4. The molecule has 0 aliphatic rings. The molecule has 0 amide bonds. The second-order valence-corrected chi connectivity index (χ2v) is 17.5. The van der Waals surface area contributed by atoms with Gasteiger partial charge in [0.15, 0.2) is 5.13 Å². The fraction of sp³-hybridized carbons (Fsp3) is 0.174. The first-order valence-corrected chi connectivity index (χ1v) is 20.1. The highest BCUT2D eigenvalue weighted by molar-refractivity contribution is 9.10. The molecule has 0 aliphatic heterocycles. The Bertz CT molecular complexity index is 2750. The molecule has 276 valence electrons. The molecule has 0 saturated carbocycles. The summed E-state index contributed by atoms with van der Waals surface area (Å²) in [4.78, 5) is 9.23. The number of hydrogen-bond acceptors (Lipinski definition) is 6. The molecular formula is C46H43BrN6S2. The number of nitrogens with two attached hydrogens (primary N) is 1. The molecule has 9 aromatic rings. The highest BCUT2D eigenvalue weighted by Crippen LogP contribution is 2.39. The van der Waals surface area contributed by atoms with Gasteiger partial charge in [0.2, 0.25) is 0 Å². The SMILES string of the molecule is CC(C)(C)N.CC(C)(C)Nc1nc2c(-n3c4ccccc4c4ccccc43)cccc2s1.S=C=Nc1c(Br)cccc1-n1c2ccccc2c2ccccc21. The quantitative estimate of drug-likeness (QED) is 0.137. The summed E-state index contributed by atoms with van der Waals surface area (Å²) in [5, 5.41) is 12.0. The minimum Gasteiger partial charge on any atom is -0.357 e. The molecule has 0 atom stereocenters. The Morgan fingerprint density at radius 3 is 1.51 bits per heavy atom. The molecule has 6 aromatic carbocycles. The van der Waals surface area contributed by atoms with Gasteiger partial charge >= 0.3 is 0 Å². The van der Waals surface area contributed by atoms with E-state index in [1.165, 1.54) is 37.3 Å². The Kier molecular flexibility index (Phi) is 10.8. The first-order valence-electron chi connectivity index (χ1n) is 18.1. The van der Waals surface area contributed by atoms with Crippen LogP contribution >= 0.6 is 39.5 Å². The number of benzene rings is 6. The van der Waals surface area contributed by atoms with Crippen LogP contribution < -0.4 is 11.1 Å². The van der Waals surface area contributed by atoms with Crippen molar-refractivity contribution in [2.24, 2.45) is 10.7 Å². The van der Waals surface area contributed by atoms with Crippen molar-refractivity contribution in [2.75, 3.05) is 5.32 Å². The standard InChI is InChI=1S/C23H21N3S.C19H11BrN2S.C4H11N/c1-23(2,3)25-22-24-21-19(13-8-14-20(21)27-22)26-17-11-6-4-9-15(17)16-10-5-7-12-18(16)26;20-15-8-5-11-18(19(15)21-12-23)22-16-9-3-1-6-13(16)14-7-2-4-10-17(14)22;1-4(2,3)5/h4-14H,1-3H3,(H,24,25);1-11H;5H2,1-3H3. The van der Waals surface area contributed by atoms with E-state index in [1.54, 1.807) is 11.3 Å². The number of aliphatic imine (C=N–C) groups is 1. The minimum absolute atomic E-state index is 0. The molecule has 0 bridgehead atoms. The highest BCUT2D eigenvalue weighted by Gasteiger charge is 2.18. The lowest BCUT2D eigenvalue weighted by atomic mass is 10.1. The molecular weight excluding hydrogens is 781 g/mol. The average molecular weight is 824 g/mol. The van der Waals surface area contributed by atoms with Gasteiger partial charge < -0.3 is 20.2 Å². The van der Waals surface area contributed by atoms with Gasteiger partial charge in [0.05, 0.1) is 43.3 Å². The van der Waals surface area contributed by atoms with E-state index in [0.29, 0.717) is 0 Å². The Morgan fingerprint density at radius 2 is 1.05 bits per heavy atom. The second kappa shape index (κ2) is 15.5. The average Bonchev–Trinajstić information content (AvgIpc) is 3.81. The van der Waals surface area contributed by atoms with Crippen molar-refractivity contribution in [3.05, 3.63) is 138 Å². The summed E-state index contributed by atoms with van der Waals surface area (Å²) in [7, 11) is 0. The zero-order chi connectivity index (χ0) is 38.9. The monoisotopic (exact) mass is 822 g/mol. The summed E-state index contributed by atoms with van der Waals surface area (Å²) in [6.07, 6.45) is 0. The normalized spacial score (nSPS) is 11.6. The van der Waals surface area contributed by atoms with Crippen molar-refractivity contribution in [1.29, 1.82) is 0 Å². The van der Waals surface area contributed by atoms with Gasteiger partial charge in [-0.2, -0.15) is 4.99 Å². The number of thiazole rings is 1. The van der Waals surface area contributed by atoms with Crippen LogP contribution in [0.15, 0.2) is 143 Å². The van der Waals surface area contributed by atoms with Crippen molar-refractivity contribution in [3.8, 4) is 11.4 Å². The fourth-order valence-electron chi connectivity index (χ4n) is 6.69. The van der Waals surface area contributed by atoms with E-state index < -0.39 is 0 Å². The van der Waals surface area contributed by atoms with Gasteiger partial charge in [-0.1, -0.05) is 96.3 Å². The van der Waals surface area contributed by atoms with Crippen LogP contribution in [0.5, 0.6) is 0 Å². The van der Waals surface area contributed by atoms with Crippen molar-refractivity contribution in [1.82, 2.24) is 14.1 Å². The number of anilines is 1. The predicted octanol–water partition coefficient (Wildman–Crippen LogP) is 13.6. The molecule has 6 nitrogen and oxygen atoms in total. The molecule has 0 aliphatic carbocycles. The third-order valence-corrected chi connectivity index (χ3v) is 10.3. The molecule has 0 radical (unpaired) electrons. The Balaban J connectivity index is 0.000000152. The molecule has 3 heterocycles. The van der Waals surface area contributed by atoms with Gasteiger partial charge in [-0.15, -0.1) is 0 Å². The van der Waals surface area contributed by atoms with E-state index >= 15 is 0 Å².